The highest BCUT2D eigenvalue weighted by atomic mass is 32.1. The maximum atomic E-state index is 3.53. The van der Waals surface area contributed by atoms with Gasteiger partial charge in [-0.25, -0.2) is 0 Å². The van der Waals surface area contributed by atoms with E-state index in [-0.39, 0.29) is 5.54 Å². The third-order valence-corrected chi connectivity index (χ3v) is 3.62. The summed E-state index contributed by atoms with van der Waals surface area (Å²) in [7, 11) is 0. The third-order valence-electron chi connectivity index (χ3n) is 2.61. The number of nitrogens with one attached hydrogen (secondary N) is 1. The number of rotatable bonds is 3. The Bertz CT molecular complexity index is 465. The van der Waals surface area contributed by atoms with Gasteiger partial charge in [-0.15, -0.1) is 11.3 Å². The predicted octanol–water partition coefficient (Wildman–Crippen LogP) is 3.83. The van der Waals surface area contributed by atoms with Crippen LogP contribution in [-0.2, 0) is 6.42 Å². The van der Waals surface area contributed by atoms with Gasteiger partial charge in [0.2, 0.25) is 0 Å². The predicted molar refractivity (Wildman–Crippen MR) is 73.3 cm³/mol. The van der Waals surface area contributed by atoms with Crippen molar-refractivity contribution in [2.45, 2.75) is 32.7 Å². The van der Waals surface area contributed by atoms with E-state index in [0.29, 0.717) is 0 Å². The molecule has 0 saturated carbocycles. The maximum absolute atomic E-state index is 3.53. The fourth-order valence-electron chi connectivity index (χ4n) is 1.80. The second kappa shape index (κ2) is 4.56. The van der Waals surface area contributed by atoms with Crippen molar-refractivity contribution in [3.63, 3.8) is 0 Å². The van der Waals surface area contributed by atoms with Crippen LogP contribution in [0.1, 0.15) is 26.3 Å². The highest BCUT2D eigenvalue weighted by Crippen LogP contribution is 2.25. The third kappa shape index (κ3) is 2.83. The Hall–Kier alpha value is -0.860. The van der Waals surface area contributed by atoms with Gasteiger partial charge in [0.25, 0.3) is 0 Å². The zero-order chi connectivity index (χ0) is 11.6. The summed E-state index contributed by atoms with van der Waals surface area (Å²) >= 11 is 1.84. The Kier molecular flexibility index (Phi) is 3.31. The van der Waals surface area contributed by atoms with Crippen LogP contribution in [0.4, 0.5) is 0 Å². The molecule has 2 rings (SSSR count). The van der Waals surface area contributed by atoms with Crippen LogP contribution in [0.25, 0.3) is 10.1 Å². The molecule has 0 amide bonds. The fraction of sp³-hybridized carbons (Fsp3) is 0.429. The molecule has 1 aromatic carbocycles. The lowest BCUT2D eigenvalue weighted by Gasteiger charge is -2.20. The normalized spacial score (nSPS) is 12.2. The highest BCUT2D eigenvalue weighted by Gasteiger charge is 2.09. The zero-order valence-electron chi connectivity index (χ0n) is 10.2. The molecule has 0 fully saturated rings. The van der Waals surface area contributed by atoms with Crippen LogP contribution < -0.4 is 5.32 Å². The Balaban J connectivity index is 2.05. The number of hydrogen-bond acceptors (Lipinski definition) is 2. The summed E-state index contributed by atoms with van der Waals surface area (Å²) in [5.41, 5.74) is 1.68. The van der Waals surface area contributed by atoms with Gasteiger partial charge in [0.05, 0.1) is 0 Å². The number of fused-ring (bicyclic) bond motifs is 1. The maximum Gasteiger partial charge on any atom is 0.0345 e. The van der Waals surface area contributed by atoms with Crippen molar-refractivity contribution >= 4 is 21.4 Å². The first-order valence-electron chi connectivity index (χ1n) is 5.76. The van der Waals surface area contributed by atoms with Crippen molar-refractivity contribution in [3.8, 4) is 0 Å². The van der Waals surface area contributed by atoms with Gasteiger partial charge in [0.15, 0.2) is 0 Å². The lowest BCUT2D eigenvalue weighted by atomic mass is 10.1. The van der Waals surface area contributed by atoms with Crippen molar-refractivity contribution in [1.82, 2.24) is 5.32 Å². The molecule has 2 heteroatoms. The monoisotopic (exact) mass is 233 g/mol. The Morgan fingerprint density at radius 3 is 2.69 bits per heavy atom. The second-order valence-corrected chi connectivity index (χ2v) is 6.10. The molecular formula is C14H19NS. The second-order valence-electron chi connectivity index (χ2n) is 5.18. The van der Waals surface area contributed by atoms with Gasteiger partial charge in [-0.3, -0.25) is 0 Å². The van der Waals surface area contributed by atoms with Crippen LogP contribution in [0, 0.1) is 0 Å². The zero-order valence-corrected chi connectivity index (χ0v) is 11.0. The molecule has 0 aliphatic heterocycles. The molecule has 2 aromatic rings. The van der Waals surface area contributed by atoms with Gasteiger partial charge in [-0.05, 0) is 56.1 Å². The molecule has 0 unspecified atom stereocenters. The molecule has 0 saturated heterocycles. The lowest BCUT2D eigenvalue weighted by Crippen LogP contribution is -2.37. The van der Waals surface area contributed by atoms with E-state index < -0.39 is 0 Å². The Morgan fingerprint density at radius 1 is 1.19 bits per heavy atom. The van der Waals surface area contributed by atoms with Gasteiger partial charge in [-0.1, -0.05) is 18.2 Å². The van der Waals surface area contributed by atoms with E-state index >= 15 is 0 Å². The molecule has 16 heavy (non-hydrogen) atoms. The summed E-state index contributed by atoms with van der Waals surface area (Å²) in [6.07, 6.45) is 1.11. The van der Waals surface area contributed by atoms with E-state index in [9.17, 15) is 0 Å². The molecule has 0 aliphatic carbocycles. The van der Waals surface area contributed by atoms with E-state index in [1.165, 1.54) is 15.6 Å². The first-order chi connectivity index (χ1) is 7.56. The minimum atomic E-state index is 0.214. The molecule has 1 aromatic heterocycles. The number of hydrogen-bond donors (Lipinski definition) is 1. The van der Waals surface area contributed by atoms with Crippen molar-refractivity contribution in [3.05, 3.63) is 35.2 Å². The fourth-order valence-corrected chi connectivity index (χ4v) is 2.80. The summed E-state index contributed by atoms with van der Waals surface area (Å²) < 4.78 is 1.40. The first kappa shape index (κ1) is 11.6. The van der Waals surface area contributed by atoms with Crippen molar-refractivity contribution in [1.29, 1.82) is 0 Å². The van der Waals surface area contributed by atoms with Crippen LogP contribution in [-0.4, -0.2) is 12.1 Å². The molecule has 0 bridgehead atoms. The largest absolute Gasteiger partial charge is 0.312 e. The smallest absolute Gasteiger partial charge is 0.0345 e. The summed E-state index contributed by atoms with van der Waals surface area (Å²) in [6.45, 7) is 7.67. The minimum absolute atomic E-state index is 0.214. The van der Waals surface area contributed by atoms with Gasteiger partial charge in [0, 0.05) is 10.2 Å². The van der Waals surface area contributed by atoms with E-state index in [1.807, 2.05) is 11.3 Å². The van der Waals surface area contributed by atoms with Crippen molar-refractivity contribution in [2.75, 3.05) is 6.54 Å². The molecular weight excluding hydrogens is 214 g/mol. The van der Waals surface area contributed by atoms with Gasteiger partial charge < -0.3 is 5.32 Å². The quantitative estimate of drug-likeness (QED) is 0.849. The van der Waals surface area contributed by atoms with Gasteiger partial charge in [-0.2, -0.15) is 0 Å². The van der Waals surface area contributed by atoms with Crippen LogP contribution in [0.5, 0.6) is 0 Å². The molecule has 0 aliphatic rings. The topological polar surface area (TPSA) is 12.0 Å². The molecule has 1 N–H and O–H groups in total. The number of thiophene rings is 1. The molecule has 1 heterocycles. The average molecular weight is 233 g/mol. The molecule has 0 spiro atoms. The van der Waals surface area contributed by atoms with Crippen molar-refractivity contribution in [2.24, 2.45) is 0 Å². The highest BCUT2D eigenvalue weighted by molar-refractivity contribution is 7.17. The van der Waals surface area contributed by atoms with Gasteiger partial charge >= 0.3 is 0 Å². The van der Waals surface area contributed by atoms with E-state index in [2.05, 4.69) is 55.7 Å². The molecule has 86 valence electrons. The summed E-state index contributed by atoms with van der Waals surface area (Å²) in [6, 6.07) is 8.64. The van der Waals surface area contributed by atoms with E-state index in [4.69, 9.17) is 0 Å². The van der Waals surface area contributed by atoms with E-state index in [1.54, 1.807) is 0 Å². The average Bonchev–Trinajstić information content (AvgIpc) is 2.60. The van der Waals surface area contributed by atoms with Crippen LogP contribution in [0.15, 0.2) is 29.6 Å². The molecule has 0 atom stereocenters. The van der Waals surface area contributed by atoms with Crippen molar-refractivity contribution < 1.29 is 0 Å². The van der Waals surface area contributed by atoms with Crippen LogP contribution >= 0.6 is 11.3 Å². The SMILES string of the molecule is CC(C)(C)NCCc1csc2ccccc12. The first-order valence-corrected chi connectivity index (χ1v) is 6.64. The Labute approximate surface area is 101 Å². The summed E-state index contributed by atoms with van der Waals surface area (Å²) in [4.78, 5) is 0. The minimum Gasteiger partial charge on any atom is -0.312 e. The molecule has 0 radical (unpaired) electrons. The summed E-state index contributed by atoms with van der Waals surface area (Å²) in [5, 5.41) is 7.24. The number of benzene rings is 1. The van der Waals surface area contributed by atoms with E-state index in [0.717, 1.165) is 13.0 Å². The summed E-state index contributed by atoms with van der Waals surface area (Å²) in [5.74, 6) is 0. The standard InChI is InChI=1S/C14H19NS/c1-14(2,3)15-9-8-11-10-16-13-7-5-4-6-12(11)13/h4-7,10,15H,8-9H2,1-3H3. The Morgan fingerprint density at radius 2 is 1.94 bits per heavy atom. The molecule has 1 nitrogen and oxygen atoms in total. The van der Waals surface area contributed by atoms with Crippen LogP contribution in [0.3, 0.4) is 0 Å². The van der Waals surface area contributed by atoms with Gasteiger partial charge in [0.1, 0.15) is 0 Å². The van der Waals surface area contributed by atoms with Crippen LogP contribution in [0.2, 0.25) is 0 Å². The lowest BCUT2D eigenvalue weighted by molar-refractivity contribution is 0.430.